The van der Waals surface area contributed by atoms with E-state index in [-0.39, 0.29) is 5.97 Å². The molecule has 1 aromatic heterocycles. The van der Waals surface area contributed by atoms with Crippen LogP contribution in [0.15, 0.2) is 36.7 Å². The second kappa shape index (κ2) is 7.83. The SMILES string of the molecule is CCOC(=O)C1(Cc2ccccc2)CCCN(Cc2nc[nH]c2C)C1. The maximum Gasteiger partial charge on any atom is 0.313 e. The standard InChI is InChI=1S/C20H27N3O2/c1-3-25-19(24)20(12-17-8-5-4-6-9-17)10-7-11-23(14-20)13-18-16(2)21-15-22-18/h4-6,8-9,15H,3,7,10-14H2,1-2H3,(H,21,22). The molecule has 3 rings (SSSR count). The molecule has 1 aliphatic heterocycles. The lowest BCUT2D eigenvalue weighted by Gasteiger charge is -2.41. The van der Waals surface area contributed by atoms with E-state index in [0.29, 0.717) is 13.2 Å². The van der Waals surface area contributed by atoms with E-state index in [9.17, 15) is 4.79 Å². The highest BCUT2D eigenvalue weighted by Gasteiger charge is 2.43. The van der Waals surface area contributed by atoms with Gasteiger partial charge in [0.15, 0.2) is 0 Å². The van der Waals surface area contributed by atoms with Crippen molar-refractivity contribution >= 4 is 5.97 Å². The van der Waals surface area contributed by atoms with Crippen LogP contribution in [0.3, 0.4) is 0 Å². The van der Waals surface area contributed by atoms with Gasteiger partial charge in [-0.25, -0.2) is 4.98 Å². The fourth-order valence-corrected chi connectivity index (χ4v) is 3.77. The maximum atomic E-state index is 12.9. The molecule has 1 aliphatic rings. The second-order valence-corrected chi connectivity index (χ2v) is 6.95. The molecule has 0 amide bonds. The molecule has 0 bridgehead atoms. The summed E-state index contributed by atoms with van der Waals surface area (Å²) < 4.78 is 5.48. The number of nitrogens with zero attached hydrogens (tertiary/aromatic N) is 2. The number of hydrogen-bond acceptors (Lipinski definition) is 4. The van der Waals surface area contributed by atoms with E-state index in [2.05, 4.69) is 27.0 Å². The van der Waals surface area contributed by atoms with Crippen molar-refractivity contribution in [2.45, 2.75) is 39.7 Å². The van der Waals surface area contributed by atoms with Gasteiger partial charge in [-0.3, -0.25) is 9.69 Å². The fraction of sp³-hybridized carbons (Fsp3) is 0.500. The molecule has 5 nitrogen and oxygen atoms in total. The lowest BCUT2D eigenvalue weighted by atomic mass is 9.75. The van der Waals surface area contributed by atoms with Crippen LogP contribution in [0.5, 0.6) is 0 Å². The number of piperidine rings is 1. The molecule has 1 N–H and O–H groups in total. The van der Waals surface area contributed by atoms with Gasteiger partial charge in [-0.1, -0.05) is 30.3 Å². The molecule has 25 heavy (non-hydrogen) atoms. The summed E-state index contributed by atoms with van der Waals surface area (Å²) in [5, 5.41) is 0. The molecular weight excluding hydrogens is 314 g/mol. The summed E-state index contributed by atoms with van der Waals surface area (Å²) in [4.78, 5) is 22.8. The Morgan fingerprint density at radius 3 is 2.84 bits per heavy atom. The van der Waals surface area contributed by atoms with E-state index in [4.69, 9.17) is 4.74 Å². The van der Waals surface area contributed by atoms with Crippen molar-refractivity contribution in [3.63, 3.8) is 0 Å². The van der Waals surface area contributed by atoms with Crippen LogP contribution < -0.4 is 0 Å². The zero-order valence-corrected chi connectivity index (χ0v) is 15.1. The Kier molecular flexibility index (Phi) is 5.53. The van der Waals surface area contributed by atoms with E-state index >= 15 is 0 Å². The van der Waals surface area contributed by atoms with Crippen molar-refractivity contribution in [2.75, 3.05) is 19.7 Å². The topological polar surface area (TPSA) is 58.2 Å². The van der Waals surface area contributed by atoms with Crippen LogP contribution in [0.2, 0.25) is 0 Å². The molecule has 1 unspecified atom stereocenters. The number of hydrogen-bond donors (Lipinski definition) is 1. The number of aryl methyl sites for hydroxylation is 1. The van der Waals surface area contributed by atoms with Gasteiger partial charge in [0.25, 0.3) is 0 Å². The summed E-state index contributed by atoms with van der Waals surface area (Å²) in [6, 6.07) is 10.3. The second-order valence-electron chi connectivity index (χ2n) is 6.95. The normalized spacial score (nSPS) is 21.2. The number of esters is 1. The zero-order valence-electron chi connectivity index (χ0n) is 15.1. The Balaban J connectivity index is 1.80. The molecule has 1 fully saturated rings. The van der Waals surface area contributed by atoms with Crippen LogP contribution >= 0.6 is 0 Å². The lowest BCUT2D eigenvalue weighted by Crippen LogP contribution is -2.49. The van der Waals surface area contributed by atoms with Crippen molar-refractivity contribution < 1.29 is 9.53 Å². The van der Waals surface area contributed by atoms with Crippen molar-refractivity contribution in [2.24, 2.45) is 5.41 Å². The minimum Gasteiger partial charge on any atom is -0.466 e. The first-order chi connectivity index (χ1) is 12.1. The van der Waals surface area contributed by atoms with Gasteiger partial charge in [-0.15, -0.1) is 0 Å². The maximum absolute atomic E-state index is 12.9. The molecule has 0 radical (unpaired) electrons. The number of aromatic nitrogens is 2. The largest absolute Gasteiger partial charge is 0.466 e. The predicted molar refractivity (Wildman–Crippen MR) is 97.0 cm³/mol. The molecule has 1 saturated heterocycles. The molecule has 1 atom stereocenters. The van der Waals surface area contributed by atoms with Gasteiger partial charge in [0.1, 0.15) is 0 Å². The van der Waals surface area contributed by atoms with E-state index in [1.54, 1.807) is 6.33 Å². The number of H-pyrrole nitrogens is 1. The first-order valence-corrected chi connectivity index (χ1v) is 9.05. The number of imidazole rings is 1. The molecular formula is C20H27N3O2. The van der Waals surface area contributed by atoms with Gasteiger partial charge >= 0.3 is 5.97 Å². The quantitative estimate of drug-likeness (QED) is 0.820. The summed E-state index contributed by atoms with van der Waals surface area (Å²) in [6.45, 7) is 6.81. The Bertz CT molecular complexity index is 698. The molecule has 5 heteroatoms. The third-order valence-electron chi connectivity index (χ3n) is 5.06. The smallest absolute Gasteiger partial charge is 0.313 e. The number of carbonyl (C=O) groups is 1. The third kappa shape index (κ3) is 4.10. The Hall–Kier alpha value is -2.14. The molecule has 2 aromatic rings. The highest BCUT2D eigenvalue weighted by atomic mass is 16.5. The van der Waals surface area contributed by atoms with Gasteiger partial charge in [-0.2, -0.15) is 0 Å². The van der Waals surface area contributed by atoms with Crippen molar-refractivity contribution in [1.82, 2.24) is 14.9 Å². The number of nitrogens with one attached hydrogen (secondary N) is 1. The number of likely N-dealkylation sites (tertiary alicyclic amines) is 1. The van der Waals surface area contributed by atoms with Gasteiger partial charge in [0.2, 0.25) is 0 Å². The zero-order chi connectivity index (χ0) is 17.7. The average molecular weight is 341 g/mol. The minimum atomic E-state index is -0.472. The highest BCUT2D eigenvalue weighted by Crippen LogP contribution is 2.36. The van der Waals surface area contributed by atoms with Crippen molar-refractivity contribution in [3.8, 4) is 0 Å². The number of carbonyl (C=O) groups excluding carboxylic acids is 1. The molecule has 134 valence electrons. The van der Waals surface area contributed by atoms with E-state index in [1.165, 1.54) is 5.56 Å². The predicted octanol–water partition coefficient (Wildman–Crippen LogP) is 3.11. The minimum absolute atomic E-state index is 0.0673. The Labute approximate surface area is 149 Å². The summed E-state index contributed by atoms with van der Waals surface area (Å²) in [5.41, 5.74) is 2.86. The summed E-state index contributed by atoms with van der Waals surface area (Å²) in [5.74, 6) is -0.0673. The first-order valence-electron chi connectivity index (χ1n) is 9.05. The highest BCUT2D eigenvalue weighted by molar-refractivity contribution is 5.77. The number of rotatable bonds is 6. The first kappa shape index (κ1) is 17.7. The van der Waals surface area contributed by atoms with Crippen molar-refractivity contribution in [3.05, 3.63) is 53.6 Å². The summed E-state index contributed by atoms with van der Waals surface area (Å²) >= 11 is 0. The summed E-state index contributed by atoms with van der Waals surface area (Å²) in [6.07, 6.45) is 4.33. The molecule has 2 heterocycles. The van der Waals surface area contributed by atoms with Crippen LogP contribution in [0, 0.1) is 12.3 Å². The third-order valence-corrected chi connectivity index (χ3v) is 5.06. The number of aromatic amines is 1. The lowest BCUT2D eigenvalue weighted by molar-refractivity contribution is -0.159. The van der Waals surface area contributed by atoms with E-state index in [1.807, 2.05) is 32.0 Å². The van der Waals surface area contributed by atoms with Gasteiger partial charge in [0.05, 0.1) is 24.0 Å². The van der Waals surface area contributed by atoms with Crippen molar-refractivity contribution in [1.29, 1.82) is 0 Å². The van der Waals surface area contributed by atoms with E-state index in [0.717, 1.165) is 43.7 Å². The Morgan fingerprint density at radius 1 is 1.36 bits per heavy atom. The van der Waals surface area contributed by atoms with Crippen LogP contribution in [0.1, 0.15) is 36.7 Å². The molecule has 1 aromatic carbocycles. The van der Waals surface area contributed by atoms with Crippen LogP contribution in [-0.2, 0) is 22.5 Å². The average Bonchev–Trinajstić information content (AvgIpc) is 3.01. The number of benzene rings is 1. The van der Waals surface area contributed by atoms with Gasteiger partial charge in [0, 0.05) is 18.8 Å². The molecule has 0 spiro atoms. The van der Waals surface area contributed by atoms with Gasteiger partial charge < -0.3 is 9.72 Å². The molecule has 0 saturated carbocycles. The number of ether oxygens (including phenoxy) is 1. The van der Waals surface area contributed by atoms with Crippen LogP contribution in [0.25, 0.3) is 0 Å². The monoisotopic (exact) mass is 341 g/mol. The summed E-state index contributed by atoms with van der Waals surface area (Å²) in [7, 11) is 0. The van der Waals surface area contributed by atoms with E-state index < -0.39 is 5.41 Å². The van der Waals surface area contributed by atoms with Gasteiger partial charge in [-0.05, 0) is 45.2 Å². The molecule has 0 aliphatic carbocycles. The van der Waals surface area contributed by atoms with Crippen LogP contribution in [-0.4, -0.2) is 40.5 Å². The van der Waals surface area contributed by atoms with Crippen LogP contribution in [0.4, 0.5) is 0 Å². The fourth-order valence-electron chi connectivity index (χ4n) is 3.77. The Morgan fingerprint density at radius 2 is 2.16 bits per heavy atom.